The number of fused-ring (bicyclic) bond motifs is 1. The predicted octanol–water partition coefficient (Wildman–Crippen LogP) is 5.99. The molecule has 0 aliphatic carbocycles. The molecule has 1 N–H and O–H groups in total. The van der Waals surface area contributed by atoms with Crippen molar-refractivity contribution in [1.29, 1.82) is 0 Å². The fourth-order valence-corrected chi connectivity index (χ4v) is 3.32. The molecule has 0 saturated carbocycles. The van der Waals surface area contributed by atoms with Crippen LogP contribution in [0.15, 0.2) is 24.4 Å². The molecule has 176 valence electrons. The van der Waals surface area contributed by atoms with E-state index in [1.807, 2.05) is 39.5 Å². The summed E-state index contributed by atoms with van der Waals surface area (Å²) in [6.45, 7) is 10.6. The first kappa shape index (κ1) is 25.5. The number of pyridine rings is 2. The average molecular weight is 455 g/mol. The minimum Gasteiger partial charge on any atom is -0.364 e. The lowest BCUT2D eigenvalue weighted by Crippen LogP contribution is -2.30. The summed E-state index contributed by atoms with van der Waals surface area (Å²) in [6, 6.07) is 3.63. The van der Waals surface area contributed by atoms with Gasteiger partial charge in [-0.15, -0.1) is 0 Å². The van der Waals surface area contributed by atoms with Crippen LogP contribution >= 0.6 is 0 Å². The van der Waals surface area contributed by atoms with Crippen molar-refractivity contribution >= 4 is 17.4 Å². The molecule has 0 aromatic carbocycles. The second-order valence-corrected chi connectivity index (χ2v) is 8.63. The second-order valence-electron chi connectivity index (χ2n) is 8.63. The standard InChI is InChI=1S/C21H24F4N4O.C2H6/c1-20(2,3)10-18(30)28-19-15(22)9-17-16(27-19)5-4-8-29(17)12-14-7-6-13(11-26-14)21(23,24)25;1-2/h6-7,9,11H,4-5,8,10,12H2,1-3H3,(H,27,28,30);1-2H3. The topological polar surface area (TPSA) is 58.1 Å². The molecule has 0 bridgehead atoms. The lowest BCUT2D eigenvalue weighted by atomic mass is 9.92. The highest BCUT2D eigenvalue weighted by molar-refractivity contribution is 5.90. The third-order valence-corrected chi connectivity index (χ3v) is 4.67. The zero-order valence-electron chi connectivity index (χ0n) is 19.1. The van der Waals surface area contributed by atoms with Crippen LogP contribution in [0.25, 0.3) is 0 Å². The first-order chi connectivity index (χ1) is 14.9. The summed E-state index contributed by atoms with van der Waals surface area (Å²) >= 11 is 0. The van der Waals surface area contributed by atoms with Gasteiger partial charge in [0.05, 0.1) is 29.2 Å². The van der Waals surface area contributed by atoms with Crippen molar-refractivity contribution in [2.45, 2.75) is 66.6 Å². The summed E-state index contributed by atoms with van der Waals surface area (Å²) in [5, 5.41) is 2.54. The summed E-state index contributed by atoms with van der Waals surface area (Å²) in [7, 11) is 0. The van der Waals surface area contributed by atoms with Crippen LogP contribution in [0, 0.1) is 11.2 Å². The van der Waals surface area contributed by atoms with E-state index in [9.17, 15) is 22.4 Å². The summed E-state index contributed by atoms with van der Waals surface area (Å²) in [4.78, 5) is 22.2. The minimum absolute atomic E-state index is 0.0995. The predicted molar refractivity (Wildman–Crippen MR) is 117 cm³/mol. The van der Waals surface area contributed by atoms with Crippen LogP contribution in [0.3, 0.4) is 0 Å². The Kier molecular flexibility index (Phi) is 8.20. The molecule has 9 heteroatoms. The highest BCUT2D eigenvalue weighted by atomic mass is 19.4. The number of aryl methyl sites for hydroxylation is 1. The van der Waals surface area contributed by atoms with E-state index in [0.717, 1.165) is 18.7 Å². The Morgan fingerprint density at radius 1 is 1.19 bits per heavy atom. The molecular formula is C23H30F4N4O. The van der Waals surface area contributed by atoms with Gasteiger partial charge in [0.1, 0.15) is 0 Å². The van der Waals surface area contributed by atoms with Gasteiger partial charge in [-0.3, -0.25) is 9.78 Å². The van der Waals surface area contributed by atoms with Gasteiger partial charge in [0.25, 0.3) is 0 Å². The van der Waals surface area contributed by atoms with Crippen molar-refractivity contribution in [3.05, 3.63) is 47.2 Å². The number of rotatable bonds is 4. The van der Waals surface area contributed by atoms with Crippen molar-refractivity contribution in [3.63, 3.8) is 0 Å². The molecule has 0 unspecified atom stereocenters. The number of halogens is 4. The van der Waals surface area contributed by atoms with Crippen LogP contribution in [0.5, 0.6) is 0 Å². The number of amides is 1. The minimum atomic E-state index is -4.44. The van der Waals surface area contributed by atoms with Crippen LogP contribution in [-0.2, 0) is 23.9 Å². The highest BCUT2D eigenvalue weighted by Crippen LogP contribution is 2.32. The van der Waals surface area contributed by atoms with E-state index in [4.69, 9.17) is 0 Å². The van der Waals surface area contributed by atoms with E-state index in [1.54, 1.807) is 0 Å². The number of nitrogens with one attached hydrogen (secondary N) is 1. The quantitative estimate of drug-likeness (QED) is 0.577. The van der Waals surface area contributed by atoms with E-state index in [-0.39, 0.29) is 30.1 Å². The Hall–Kier alpha value is -2.71. The molecule has 32 heavy (non-hydrogen) atoms. The molecule has 0 spiro atoms. The third-order valence-electron chi connectivity index (χ3n) is 4.67. The SMILES string of the molecule is CC.CC(C)(C)CC(=O)Nc1nc2c(cc1F)N(Cc1ccc(C(F)(F)F)cn1)CCC2. The molecule has 1 aliphatic rings. The van der Waals surface area contributed by atoms with Gasteiger partial charge in [-0.05, 0) is 30.4 Å². The van der Waals surface area contributed by atoms with Gasteiger partial charge in [-0.2, -0.15) is 13.2 Å². The Labute approximate surface area is 186 Å². The van der Waals surface area contributed by atoms with Gasteiger partial charge in [-0.1, -0.05) is 34.6 Å². The number of hydrogen-bond acceptors (Lipinski definition) is 4. The normalized spacial score (nSPS) is 13.7. The second kappa shape index (κ2) is 10.3. The maximum absolute atomic E-state index is 14.6. The van der Waals surface area contributed by atoms with Gasteiger partial charge >= 0.3 is 6.18 Å². The van der Waals surface area contributed by atoms with Crippen molar-refractivity contribution in [3.8, 4) is 0 Å². The van der Waals surface area contributed by atoms with Crippen LogP contribution < -0.4 is 10.2 Å². The lowest BCUT2D eigenvalue weighted by Gasteiger charge is -2.31. The van der Waals surface area contributed by atoms with Gasteiger partial charge in [0.2, 0.25) is 5.91 Å². The molecule has 3 rings (SSSR count). The average Bonchev–Trinajstić information content (AvgIpc) is 2.69. The van der Waals surface area contributed by atoms with E-state index in [0.29, 0.717) is 30.0 Å². The Morgan fingerprint density at radius 2 is 1.88 bits per heavy atom. The Bertz CT molecular complexity index is 921. The van der Waals surface area contributed by atoms with Crippen molar-refractivity contribution in [2.24, 2.45) is 5.41 Å². The summed E-state index contributed by atoms with van der Waals surface area (Å²) in [6.07, 6.45) is -2.04. The highest BCUT2D eigenvalue weighted by Gasteiger charge is 2.31. The van der Waals surface area contributed by atoms with Crippen molar-refractivity contribution < 1.29 is 22.4 Å². The molecule has 0 radical (unpaired) electrons. The van der Waals surface area contributed by atoms with E-state index < -0.39 is 17.6 Å². The molecule has 0 saturated heterocycles. The number of anilines is 2. The summed E-state index contributed by atoms with van der Waals surface area (Å²) in [5.41, 5.74) is 0.600. The zero-order valence-corrected chi connectivity index (χ0v) is 19.1. The molecule has 3 heterocycles. The smallest absolute Gasteiger partial charge is 0.364 e. The van der Waals surface area contributed by atoms with Crippen LogP contribution in [-0.4, -0.2) is 22.4 Å². The summed E-state index contributed by atoms with van der Waals surface area (Å²) in [5.74, 6) is -1.06. The molecule has 5 nitrogen and oxygen atoms in total. The van der Waals surface area contributed by atoms with E-state index in [2.05, 4.69) is 15.3 Å². The number of aromatic nitrogens is 2. The molecule has 1 aliphatic heterocycles. The first-order valence-electron chi connectivity index (χ1n) is 10.7. The number of carbonyl (C=O) groups is 1. The van der Waals surface area contributed by atoms with Gasteiger partial charge < -0.3 is 10.2 Å². The molecule has 2 aromatic rings. The number of alkyl halides is 3. The van der Waals surface area contributed by atoms with Crippen LogP contribution in [0.4, 0.5) is 29.1 Å². The Balaban J connectivity index is 0.00000176. The molecule has 0 fully saturated rings. The Morgan fingerprint density at radius 3 is 2.44 bits per heavy atom. The maximum atomic E-state index is 14.6. The maximum Gasteiger partial charge on any atom is 0.417 e. The summed E-state index contributed by atoms with van der Waals surface area (Å²) < 4.78 is 52.7. The van der Waals surface area contributed by atoms with Crippen molar-refractivity contribution in [1.82, 2.24) is 9.97 Å². The third kappa shape index (κ3) is 6.90. The fourth-order valence-electron chi connectivity index (χ4n) is 3.32. The van der Waals surface area contributed by atoms with Crippen LogP contribution in [0.1, 0.15) is 64.4 Å². The fraction of sp³-hybridized carbons (Fsp3) is 0.522. The lowest BCUT2D eigenvalue weighted by molar-refractivity contribution is -0.137. The number of hydrogen-bond donors (Lipinski definition) is 1. The molecule has 2 aromatic heterocycles. The van der Waals surface area contributed by atoms with Crippen LogP contribution in [0.2, 0.25) is 0 Å². The first-order valence-corrected chi connectivity index (χ1v) is 10.7. The van der Waals surface area contributed by atoms with E-state index in [1.165, 1.54) is 12.1 Å². The molecule has 0 atom stereocenters. The largest absolute Gasteiger partial charge is 0.417 e. The number of carbonyl (C=O) groups excluding carboxylic acids is 1. The monoisotopic (exact) mass is 454 g/mol. The van der Waals surface area contributed by atoms with Crippen molar-refractivity contribution in [2.75, 3.05) is 16.8 Å². The van der Waals surface area contributed by atoms with E-state index >= 15 is 0 Å². The molecular weight excluding hydrogens is 424 g/mol. The molecule has 1 amide bonds. The number of nitrogens with zero attached hydrogens (tertiary/aromatic N) is 3. The van der Waals surface area contributed by atoms with Gasteiger partial charge in [0, 0.05) is 25.2 Å². The van der Waals surface area contributed by atoms with Gasteiger partial charge in [-0.25, -0.2) is 9.37 Å². The zero-order chi connectivity index (χ0) is 24.1. The van der Waals surface area contributed by atoms with Gasteiger partial charge in [0.15, 0.2) is 11.6 Å².